The van der Waals surface area contributed by atoms with Gasteiger partial charge in [-0.2, -0.15) is 4.98 Å². The molecule has 1 aliphatic heterocycles. The van der Waals surface area contributed by atoms with Crippen molar-refractivity contribution in [2.45, 2.75) is 17.1 Å². The molecule has 0 unspecified atom stereocenters. The van der Waals surface area contributed by atoms with E-state index in [0.717, 1.165) is 22.6 Å². The van der Waals surface area contributed by atoms with Gasteiger partial charge in [-0.25, -0.2) is 0 Å². The van der Waals surface area contributed by atoms with Crippen LogP contribution in [0.25, 0.3) is 11.3 Å². The highest BCUT2D eigenvalue weighted by Gasteiger charge is 2.29. The molecule has 0 fully saturated rings. The van der Waals surface area contributed by atoms with Gasteiger partial charge in [-0.1, -0.05) is 60.3 Å². The maximum absolute atomic E-state index is 6.42. The van der Waals surface area contributed by atoms with Crippen LogP contribution in [0.5, 0.6) is 23.1 Å². The monoisotopic (exact) mass is 488 g/mol. The van der Waals surface area contributed by atoms with Crippen LogP contribution in [0.1, 0.15) is 17.4 Å². The lowest BCUT2D eigenvalue weighted by molar-refractivity contribution is 0.218. The van der Waals surface area contributed by atoms with E-state index < -0.39 is 6.23 Å². The van der Waals surface area contributed by atoms with Gasteiger partial charge < -0.3 is 24.3 Å². The molecule has 1 N–H and O–H groups in total. The zero-order valence-corrected chi connectivity index (χ0v) is 20.3. The van der Waals surface area contributed by atoms with Gasteiger partial charge in [0.15, 0.2) is 17.2 Å². The second kappa shape index (κ2) is 10.1. The van der Waals surface area contributed by atoms with E-state index in [1.807, 2.05) is 48.5 Å². The van der Waals surface area contributed by atoms with Gasteiger partial charge in [-0.15, -0.1) is 10.2 Å². The summed E-state index contributed by atoms with van der Waals surface area (Å²) in [6.07, 6.45) is -0.629. The third kappa shape index (κ3) is 4.67. The second-order valence-corrected chi connectivity index (χ2v) is 8.60. The van der Waals surface area contributed by atoms with E-state index in [-0.39, 0.29) is 0 Å². The van der Waals surface area contributed by atoms with Crippen molar-refractivity contribution in [1.82, 2.24) is 15.2 Å². The molecular weight excluding hydrogens is 464 g/mol. The zero-order valence-electron chi connectivity index (χ0n) is 19.5. The van der Waals surface area contributed by atoms with Crippen LogP contribution in [-0.4, -0.2) is 36.5 Å². The maximum Gasteiger partial charge on any atom is 0.247 e. The molecule has 0 saturated heterocycles. The molecule has 0 spiro atoms. The number of fused-ring (bicyclic) bond motifs is 3. The molecule has 178 valence electrons. The number of aromatic nitrogens is 3. The largest absolute Gasteiger partial charge is 0.496 e. The van der Waals surface area contributed by atoms with Gasteiger partial charge in [0.05, 0.1) is 26.9 Å². The molecule has 4 aromatic rings. The van der Waals surface area contributed by atoms with Crippen LogP contribution in [-0.2, 0) is 5.75 Å². The number of methoxy groups -OCH3 is 3. The van der Waals surface area contributed by atoms with Crippen molar-refractivity contribution in [3.8, 4) is 34.4 Å². The average Bonchev–Trinajstić information content (AvgIpc) is 3.08. The molecule has 0 bridgehead atoms. The van der Waals surface area contributed by atoms with Gasteiger partial charge in [0.2, 0.25) is 17.3 Å². The van der Waals surface area contributed by atoms with Crippen molar-refractivity contribution in [1.29, 1.82) is 0 Å². The fraction of sp³-hybridized carbons (Fsp3) is 0.192. The number of thioether (sulfide) groups is 1. The molecule has 35 heavy (non-hydrogen) atoms. The Bertz CT molecular complexity index is 1340. The van der Waals surface area contributed by atoms with Gasteiger partial charge >= 0.3 is 0 Å². The van der Waals surface area contributed by atoms with E-state index in [9.17, 15) is 0 Å². The minimum atomic E-state index is -0.629. The SMILES string of the molecule is COc1cc(OC)c([C@H]2Nc3ccccc3-c3nnc(SCc4ccccc4)nc3O2)cc1OC. The van der Waals surface area contributed by atoms with E-state index >= 15 is 0 Å². The molecule has 1 aromatic heterocycles. The first-order valence-electron chi connectivity index (χ1n) is 10.9. The van der Waals surface area contributed by atoms with Gasteiger partial charge in [0, 0.05) is 23.1 Å². The first-order valence-corrected chi connectivity index (χ1v) is 11.9. The van der Waals surface area contributed by atoms with E-state index in [4.69, 9.17) is 23.9 Å². The van der Waals surface area contributed by atoms with Gasteiger partial charge in [0.25, 0.3) is 0 Å². The summed E-state index contributed by atoms with van der Waals surface area (Å²) in [4.78, 5) is 4.73. The molecule has 0 radical (unpaired) electrons. The lowest BCUT2D eigenvalue weighted by Crippen LogP contribution is -2.18. The van der Waals surface area contributed by atoms with Crippen LogP contribution < -0.4 is 24.3 Å². The highest BCUT2D eigenvalue weighted by molar-refractivity contribution is 7.98. The van der Waals surface area contributed by atoms with Crippen molar-refractivity contribution >= 4 is 17.4 Å². The molecule has 5 rings (SSSR count). The molecule has 0 amide bonds. The Morgan fingerprint density at radius 1 is 0.857 bits per heavy atom. The van der Waals surface area contributed by atoms with E-state index in [1.165, 1.54) is 17.3 Å². The summed E-state index contributed by atoms with van der Waals surface area (Å²) in [6, 6.07) is 21.6. The topological polar surface area (TPSA) is 87.6 Å². The summed E-state index contributed by atoms with van der Waals surface area (Å²) in [5.41, 5.74) is 4.17. The number of hydrogen-bond acceptors (Lipinski definition) is 9. The van der Waals surface area contributed by atoms with E-state index in [1.54, 1.807) is 27.4 Å². The predicted molar refractivity (Wildman–Crippen MR) is 134 cm³/mol. The lowest BCUT2D eigenvalue weighted by atomic mass is 10.1. The minimum absolute atomic E-state index is 0.384. The summed E-state index contributed by atoms with van der Waals surface area (Å²) in [7, 11) is 4.78. The number of hydrogen-bond donors (Lipinski definition) is 1. The quantitative estimate of drug-likeness (QED) is 0.345. The number of anilines is 1. The molecule has 1 atom stereocenters. The Labute approximate surface area is 207 Å². The van der Waals surface area contributed by atoms with Crippen molar-refractivity contribution in [3.63, 3.8) is 0 Å². The van der Waals surface area contributed by atoms with Gasteiger partial charge in [0.1, 0.15) is 5.75 Å². The second-order valence-electron chi connectivity index (χ2n) is 7.66. The van der Waals surface area contributed by atoms with Crippen LogP contribution in [0.3, 0.4) is 0 Å². The summed E-state index contributed by atoms with van der Waals surface area (Å²) >= 11 is 1.50. The fourth-order valence-electron chi connectivity index (χ4n) is 3.83. The molecule has 3 aromatic carbocycles. The number of para-hydroxylation sites is 1. The highest BCUT2D eigenvalue weighted by atomic mass is 32.2. The summed E-state index contributed by atoms with van der Waals surface area (Å²) in [5, 5.41) is 12.8. The maximum atomic E-state index is 6.42. The lowest BCUT2D eigenvalue weighted by Gasteiger charge is -2.22. The molecule has 9 heteroatoms. The predicted octanol–water partition coefficient (Wildman–Crippen LogP) is 5.36. The molecule has 0 aliphatic carbocycles. The molecule has 0 saturated carbocycles. The fourth-order valence-corrected chi connectivity index (χ4v) is 4.56. The van der Waals surface area contributed by atoms with E-state index in [0.29, 0.717) is 34.0 Å². The number of nitrogens with zero attached hydrogens (tertiary/aromatic N) is 3. The van der Waals surface area contributed by atoms with Crippen molar-refractivity contribution < 1.29 is 18.9 Å². The Morgan fingerprint density at radius 2 is 1.57 bits per heavy atom. The van der Waals surface area contributed by atoms with Crippen LogP contribution >= 0.6 is 11.8 Å². The summed E-state index contributed by atoms with van der Waals surface area (Å²) in [6.45, 7) is 0. The summed E-state index contributed by atoms with van der Waals surface area (Å²) in [5.74, 6) is 2.82. The van der Waals surface area contributed by atoms with Crippen LogP contribution in [0.2, 0.25) is 0 Å². The molecule has 8 nitrogen and oxygen atoms in total. The first kappa shape index (κ1) is 22.8. The Kier molecular flexibility index (Phi) is 6.58. The Hall–Kier alpha value is -3.98. The van der Waals surface area contributed by atoms with Crippen molar-refractivity contribution in [3.05, 3.63) is 77.9 Å². The number of nitrogens with one attached hydrogen (secondary N) is 1. The normalized spacial score (nSPS) is 14.0. The van der Waals surface area contributed by atoms with Crippen LogP contribution in [0, 0.1) is 0 Å². The van der Waals surface area contributed by atoms with E-state index in [2.05, 4.69) is 27.6 Å². The van der Waals surface area contributed by atoms with Crippen molar-refractivity contribution in [2.24, 2.45) is 0 Å². The number of benzene rings is 3. The van der Waals surface area contributed by atoms with Crippen LogP contribution in [0.15, 0.2) is 71.9 Å². The molecule has 1 aliphatic rings. The average molecular weight is 489 g/mol. The van der Waals surface area contributed by atoms with Gasteiger partial charge in [-0.05, 0) is 17.7 Å². The van der Waals surface area contributed by atoms with Crippen LogP contribution in [0.4, 0.5) is 5.69 Å². The van der Waals surface area contributed by atoms with Gasteiger partial charge in [-0.3, -0.25) is 0 Å². The third-order valence-electron chi connectivity index (χ3n) is 5.56. The third-order valence-corrected chi connectivity index (χ3v) is 6.47. The smallest absolute Gasteiger partial charge is 0.247 e. The highest BCUT2D eigenvalue weighted by Crippen LogP contribution is 2.43. The first-order chi connectivity index (χ1) is 17.2. The Morgan fingerprint density at radius 3 is 2.34 bits per heavy atom. The number of rotatable bonds is 7. The van der Waals surface area contributed by atoms with Crippen molar-refractivity contribution in [2.75, 3.05) is 26.6 Å². The zero-order chi connectivity index (χ0) is 24.2. The molecular formula is C26H24N4O4S. The number of ether oxygens (including phenoxy) is 4. The molecule has 2 heterocycles. The standard InChI is InChI=1S/C26H24N4O4S/c1-31-20-14-22(33-3)21(32-2)13-18(20)24-27-19-12-8-7-11-17(19)23-25(34-24)28-26(30-29-23)35-15-16-9-5-4-6-10-16/h4-14,24,27H,15H2,1-3H3/t24-/m0/s1. The Balaban J connectivity index is 1.55. The summed E-state index contributed by atoms with van der Waals surface area (Å²) < 4.78 is 23.0. The minimum Gasteiger partial charge on any atom is -0.496 e.